The summed E-state index contributed by atoms with van der Waals surface area (Å²) >= 11 is 0. The molecule has 0 saturated carbocycles. The molecule has 8 nitrogen and oxygen atoms in total. The minimum Gasteiger partial charge on any atom is -0.481 e. The second-order valence-corrected chi connectivity index (χ2v) is 5.47. The number of aromatic nitrogens is 2. The lowest BCUT2D eigenvalue weighted by Crippen LogP contribution is -2.25. The summed E-state index contributed by atoms with van der Waals surface area (Å²) in [5.41, 5.74) is 1.97. The summed E-state index contributed by atoms with van der Waals surface area (Å²) in [5, 5.41) is 17.9. The highest BCUT2D eigenvalue weighted by atomic mass is 16.4. The van der Waals surface area contributed by atoms with Gasteiger partial charge < -0.3 is 15.7 Å². The molecule has 0 saturated heterocycles. The Balaban J connectivity index is 1.81. The Morgan fingerprint density at radius 2 is 1.84 bits per heavy atom. The smallest absolute Gasteiger partial charge is 0.305 e. The molecule has 0 aliphatic carbocycles. The number of benzene rings is 1. The molecule has 0 radical (unpaired) electrons. The molecule has 0 atom stereocenters. The van der Waals surface area contributed by atoms with Gasteiger partial charge in [0.05, 0.1) is 6.42 Å². The van der Waals surface area contributed by atoms with Gasteiger partial charge in [0.15, 0.2) is 0 Å². The van der Waals surface area contributed by atoms with E-state index in [1.165, 1.54) is 0 Å². The van der Waals surface area contributed by atoms with Crippen molar-refractivity contribution in [3.63, 3.8) is 0 Å². The van der Waals surface area contributed by atoms with Crippen LogP contribution in [0.2, 0.25) is 0 Å². The van der Waals surface area contributed by atoms with Gasteiger partial charge >= 0.3 is 5.97 Å². The van der Waals surface area contributed by atoms with E-state index in [9.17, 15) is 14.4 Å². The number of aliphatic carboxylic acids is 1. The van der Waals surface area contributed by atoms with Crippen molar-refractivity contribution >= 4 is 23.5 Å². The molecule has 0 fully saturated rings. The first kappa shape index (κ1) is 18.2. The molecule has 2 amide bonds. The summed E-state index contributed by atoms with van der Waals surface area (Å²) in [4.78, 5) is 34.2. The molecule has 0 aliphatic rings. The normalized spacial score (nSPS) is 10.3. The number of carbonyl (C=O) groups excluding carboxylic acids is 2. The van der Waals surface area contributed by atoms with Gasteiger partial charge in [-0.15, -0.1) is 0 Å². The standard InChI is InChI=1S/C17H20N4O4/c1-21-14(8-11-19-21)6-7-15(22)20-13-4-2-12(3-5-13)17(25)18-10-9-16(23)24/h2-5,8,11H,6-7,9-10H2,1H3,(H,18,25)(H,20,22)(H,23,24). The van der Waals surface area contributed by atoms with Crippen molar-refractivity contribution < 1.29 is 19.5 Å². The van der Waals surface area contributed by atoms with Gasteiger partial charge in [-0.2, -0.15) is 5.10 Å². The van der Waals surface area contributed by atoms with Crippen molar-refractivity contribution in [2.75, 3.05) is 11.9 Å². The van der Waals surface area contributed by atoms with E-state index < -0.39 is 5.97 Å². The van der Waals surface area contributed by atoms with Crippen molar-refractivity contribution in [3.8, 4) is 0 Å². The maximum Gasteiger partial charge on any atom is 0.305 e. The summed E-state index contributed by atoms with van der Waals surface area (Å²) in [5.74, 6) is -1.44. The van der Waals surface area contributed by atoms with Crippen molar-refractivity contribution in [2.24, 2.45) is 7.05 Å². The quantitative estimate of drug-likeness (QED) is 0.666. The van der Waals surface area contributed by atoms with Crippen LogP contribution in [0.4, 0.5) is 5.69 Å². The largest absolute Gasteiger partial charge is 0.481 e. The third kappa shape index (κ3) is 5.76. The first-order chi connectivity index (χ1) is 12.0. The van der Waals surface area contributed by atoms with Crippen molar-refractivity contribution in [1.29, 1.82) is 0 Å². The second-order valence-electron chi connectivity index (χ2n) is 5.47. The summed E-state index contributed by atoms with van der Waals surface area (Å²) in [7, 11) is 1.83. The first-order valence-corrected chi connectivity index (χ1v) is 7.82. The van der Waals surface area contributed by atoms with Gasteiger partial charge in [-0.25, -0.2) is 0 Å². The molecule has 0 bridgehead atoms. The highest BCUT2D eigenvalue weighted by Crippen LogP contribution is 2.11. The number of carbonyl (C=O) groups is 3. The molecule has 1 aromatic carbocycles. The first-order valence-electron chi connectivity index (χ1n) is 7.82. The number of hydrogen-bond acceptors (Lipinski definition) is 4. The van der Waals surface area contributed by atoms with E-state index in [1.54, 1.807) is 35.1 Å². The van der Waals surface area contributed by atoms with Gasteiger partial charge in [-0.1, -0.05) is 0 Å². The maximum absolute atomic E-state index is 12.0. The summed E-state index contributed by atoms with van der Waals surface area (Å²) < 4.78 is 1.73. The van der Waals surface area contributed by atoms with E-state index in [-0.39, 0.29) is 24.8 Å². The summed E-state index contributed by atoms with van der Waals surface area (Å²) in [6.45, 7) is 0.0701. The van der Waals surface area contributed by atoms with E-state index in [0.717, 1.165) is 5.69 Å². The maximum atomic E-state index is 12.0. The van der Waals surface area contributed by atoms with E-state index in [2.05, 4.69) is 15.7 Å². The Morgan fingerprint density at radius 1 is 1.12 bits per heavy atom. The molecular weight excluding hydrogens is 324 g/mol. The van der Waals surface area contributed by atoms with Gasteiger partial charge in [-0.3, -0.25) is 19.1 Å². The minimum absolute atomic E-state index is 0.0701. The summed E-state index contributed by atoms with van der Waals surface area (Å²) in [6, 6.07) is 8.28. The monoisotopic (exact) mass is 344 g/mol. The van der Waals surface area contributed by atoms with Gasteiger partial charge in [0, 0.05) is 43.2 Å². The molecule has 1 heterocycles. The number of nitrogens with one attached hydrogen (secondary N) is 2. The van der Waals surface area contributed by atoms with Crippen molar-refractivity contribution in [2.45, 2.75) is 19.3 Å². The number of anilines is 1. The van der Waals surface area contributed by atoms with Crippen molar-refractivity contribution in [3.05, 3.63) is 47.8 Å². The number of nitrogens with zero attached hydrogens (tertiary/aromatic N) is 2. The number of aryl methyl sites for hydroxylation is 2. The van der Waals surface area contributed by atoms with Crippen LogP contribution in [0.3, 0.4) is 0 Å². The lowest BCUT2D eigenvalue weighted by molar-refractivity contribution is -0.136. The molecule has 0 unspecified atom stereocenters. The molecular formula is C17H20N4O4. The third-order valence-electron chi connectivity index (χ3n) is 3.59. The van der Waals surface area contributed by atoms with Crippen LogP contribution < -0.4 is 10.6 Å². The number of carboxylic acid groups (broad SMARTS) is 1. The molecule has 0 aliphatic heterocycles. The Morgan fingerprint density at radius 3 is 2.44 bits per heavy atom. The Bertz CT molecular complexity index is 752. The Labute approximate surface area is 144 Å². The van der Waals surface area contributed by atoms with Gasteiger partial charge in [-0.05, 0) is 36.8 Å². The highest BCUT2D eigenvalue weighted by Gasteiger charge is 2.08. The lowest BCUT2D eigenvalue weighted by Gasteiger charge is -2.07. The minimum atomic E-state index is -0.968. The van der Waals surface area contributed by atoms with Crippen LogP contribution in [0.15, 0.2) is 36.5 Å². The SMILES string of the molecule is Cn1nccc1CCC(=O)Nc1ccc(C(=O)NCCC(=O)O)cc1. The van der Waals surface area contributed by atoms with Gasteiger partial charge in [0.25, 0.3) is 5.91 Å². The fraction of sp³-hybridized carbons (Fsp3) is 0.294. The van der Waals surface area contributed by atoms with Crippen molar-refractivity contribution in [1.82, 2.24) is 15.1 Å². The van der Waals surface area contributed by atoms with E-state index in [1.807, 2.05) is 13.1 Å². The molecule has 25 heavy (non-hydrogen) atoms. The van der Waals surface area contributed by atoms with Crippen LogP contribution in [-0.2, 0) is 23.1 Å². The molecule has 0 spiro atoms. The number of hydrogen-bond donors (Lipinski definition) is 3. The highest BCUT2D eigenvalue weighted by molar-refractivity contribution is 5.95. The molecule has 2 aromatic rings. The molecule has 1 aromatic heterocycles. The van der Waals surface area contributed by atoms with Gasteiger partial charge in [0.1, 0.15) is 0 Å². The molecule has 132 valence electrons. The van der Waals surface area contributed by atoms with Crippen LogP contribution in [0, 0.1) is 0 Å². The second kappa shape index (κ2) is 8.62. The van der Waals surface area contributed by atoms with E-state index >= 15 is 0 Å². The fourth-order valence-corrected chi connectivity index (χ4v) is 2.20. The van der Waals surface area contributed by atoms with Crippen LogP contribution >= 0.6 is 0 Å². The molecule has 3 N–H and O–H groups in total. The predicted molar refractivity (Wildman–Crippen MR) is 91.2 cm³/mol. The number of amides is 2. The third-order valence-corrected chi connectivity index (χ3v) is 3.59. The van der Waals surface area contributed by atoms with Crippen LogP contribution in [0.5, 0.6) is 0 Å². The summed E-state index contributed by atoms with van der Waals surface area (Å²) in [6.07, 6.45) is 2.48. The lowest BCUT2D eigenvalue weighted by atomic mass is 10.2. The molecule has 8 heteroatoms. The Kier molecular flexibility index (Phi) is 6.27. The van der Waals surface area contributed by atoms with Crippen LogP contribution in [0.25, 0.3) is 0 Å². The van der Waals surface area contributed by atoms with E-state index in [4.69, 9.17) is 5.11 Å². The number of carboxylic acids is 1. The average Bonchev–Trinajstić information content (AvgIpc) is 2.98. The van der Waals surface area contributed by atoms with Crippen LogP contribution in [-0.4, -0.2) is 39.2 Å². The fourth-order valence-electron chi connectivity index (χ4n) is 2.20. The van der Waals surface area contributed by atoms with Crippen LogP contribution in [0.1, 0.15) is 28.9 Å². The number of rotatable bonds is 8. The molecule has 2 rings (SSSR count). The van der Waals surface area contributed by atoms with E-state index in [0.29, 0.717) is 24.1 Å². The zero-order chi connectivity index (χ0) is 18.2. The average molecular weight is 344 g/mol. The zero-order valence-corrected chi connectivity index (χ0v) is 13.9. The van der Waals surface area contributed by atoms with Gasteiger partial charge in [0.2, 0.25) is 5.91 Å². The predicted octanol–water partition coefficient (Wildman–Crippen LogP) is 1.20. The zero-order valence-electron chi connectivity index (χ0n) is 13.9. The topological polar surface area (TPSA) is 113 Å². The Hall–Kier alpha value is -3.16.